The number of nitrogens with zero attached hydrogens (tertiary/aromatic N) is 2. The Bertz CT molecular complexity index is 410. The minimum Gasteiger partial charge on any atom is -1.00 e. The van der Waals surface area contributed by atoms with Crippen LogP contribution in [0.5, 0.6) is 0 Å². The molecule has 0 aromatic heterocycles. The van der Waals surface area contributed by atoms with Gasteiger partial charge in [0.15, 0.2) is 4.98 Å². The number of carbonyl (C=O) groups is 1. The van der Waals surface area contributed by atoms with Crippen molar-refractivity contribution in [1.29, 1.82) is 5.39 Å². The third kappa shape index (κ3) is 4.25. The normalized spacial score (nSPS) is 9.07. The molecule has 1 aromatic rings. The van der Waals surface area contributed by atoms with Gasteiger partial charge in [-0.2, -0.15) is 0 Å². The van der Waals surface area contributed by atoms with Gasteiger partial charge in [0.25, 0.3) is 0 Å². The fraction of sp³-hybridized carbons (Fsp3) is 0.100. The van der Waals surface area contributed by atoms with Crippen LogP contribution in [0.3, 0.4) is 0 Å². The summed E-state index contributed by atoms with van der Waals surface area (Å²) >= 11 is 0. The van der Waals surface area contributed by atoms with Crippen molar-refractivity contribution in [1.82, 2.24) is 0 Å². The zero-order chi connectivity index (χ0) is 10.4. The molecule has 78 valence electrons. The molecule has 0 atom stereocenters. The summed E-state index contributed by atoms with van der Waals surface area (Å²) in [6.45, 7) is 0. The van der Waals surface area contributed by atoms with Crippen LogP contribution in [0.4, 0.5) is 5.69 Å². The third-order valence-electron chi connectivity index (χ3n) is 1.60. The molecular weight excluding hydrogens is 216 g/mol. The summed E-state index contributed by atoms with van der Waals surface area (Å²) in [7, 11) is 1.31. The first-order valence-corrected chi connectivity index (χ1v) is 3.97. The van der Waals surface area contributed by atoms with Crippen LogP contribution in [0.25, 0.3) is 11.1 Å². The molecule has 0 heterocycles. The highest BCUT2D eigenvalue weighted by atomic mass is 35.5. The smallest absolute Gasteiger partial charge is 0.385 e. The Hall–Kier alpha value is -1.86. The molecule has 0 spiro atoms. The standard InChI is InChI=1S/C10H9N2O2.ClH/c1-14-10(13)6-5-8-3-2-4-9(7-8)12-11;/h2-7H,1H3;1H/q+1;/p-1/b6-5+;. The van der Waals surface area contributed by atoms with E-state index in [0.29, 0.717) is 5.69 Å². The van der Waals surface area contributed by atoms with Crippen LogP contribution in [0, 0.1) is 5.39 Å². The number of hydrogen-bond acceptors (Lipinski definition) is 3. The number of hydrogen-bond donors (Lipinski definition) is 0. The molecule has 0 amide bonds. The quantitative estimate of drug-likeness (QED) is 0.382. The number of esters is 1. The van der Waals surface area contributed by atoms with Gasteiger partial charge >= 0.3 is 11.7 Å². The maximum atomic E-state index is 10.8. The Morgan fingerprint density at radius 2 is 2.27 bits per heavy atom. The molecule has 0 aliphatic heterocycles. The number of methoxy groups -OCH3 is 1. The fourth-order valence-corrected chi connectivity index (χ4v) is 0.923. The molecule has 1 rings (SSSR count). The van der Waals surface area contributed by atoms with E-state index in [9.17, 15) is 4.79 Å². The van der Waals surface area contributed by atoms with Crippen molar-refractivity contribution < 1.29 is 21.9 Å². The molecule has 0 radical (unpaired) electrons. The molecule has 0 aliphatic carbocycles. The van der Waals surface area contributed by atoms with Crippen molar-refractivity contribution in [2.45, 2.75) is 0 Å². The topological polar surface area (TPSA) is 54.5 Å². The van der Waals surface area contributed by atoms with Crippen LogP contribution in [0.15, 0.2) is 30.3 Å². The second-order valence-corrected chi connectivity index (χ2v) is 2.55. The first kappa shape index (κ1) is 13.1. The first-order chi connectivity index (χ1) is 6.76. The van der Waals surface area contributed by atoms with Crippen LogP contribution >= 0.6 is 0 Å². The van der Waals surface area contributed by atoms with Crippen LogP contribution in [-0.2, 0) is 9.53 Å². The zero-order valence-electron chi connectivity index (χ0n) is 8.05. The van der Waals surface area contributed by atoms with Crippen LogP contribution in [-0.4, -0.2) is 13.1 Å². The van der Waals surface area contributed by atoms with E-state index in [0.717, 1.165) is 5.56 Å². The van der Waals surface area contributed by atoms with E-state index in [-0.39, 0.29) is 12.4 Å². The number of carbonyl (C=O) groups excluding carboxylic acids is 1. The summed E-state index contributed by atoms with van der Waals surface area (Å²) in [5.74, 6) is -0.420. The Morgan fingerprint density at radius 3 is 2.87 bits per heavy atom. The summed E-state index contributed by atoms with van der Waals surface area (Å²) in [6.07, 6.45) is 2.89. The predicted molar refractivity (Wildman–Crippen MR) is 52.2 cm³/mol. The molecular formula is C10H9ClN2O2. The number of halogens is 1. The Balaban J connectivity index is 0.00000196. The Kier molecular flexibility index (Phi) is 5.76. The molecule has 0 N–H and O–H groups in total. The predicted octanol–water partition coefficient (Wildman–Crippen LogP) is -0.639. The molecule has 5 heteroatoms. The van der Waals surface area contributed by atoms with Gasteiger partial charge in [-0.1, -0.05) is 12.1 Å². The summed E-state index contributed by atoms with van der Waals surface area (Å²) in [5, 5.41) is 8.49. The monoisotopic (exact) mass is 224 g/mol. The number of benzene rings is 1. The molecule has 15 heavy (non-hydrogen) atoms. The van der Waals surface area contributed by atoms with Crippen molar-refractivity contribution >= 4 is 17.7 Å². The van der Waals surface area contributed by atoms with Crippen molar-refractivity contribution in [3.05, 3.63) is 40.9 Å². The Labute approximate surface area is 93.6 Å². The highest BCUT2D eigenvalue weighted by Crippen LogP contribution is 2.14. The lowest BCUT2D eigenvalue weighted by atomic mass is 10.2. The van der Waals surface area contributed by atoms with Gasteiger partial charge in [0.05, 0.1) is 7.11 Å². The van der Waals surface area contributed by atoms with E-state index in [2.05, 4.69) is 9.71 Å². The van der Waals surface area contributed by atoms with Gasteiger partial charge in [0, 0.05) is 18.2 Å². The van der Waals surface area contributed by atoms with Crippen molar-refractivity contribution in [3.63, 3.8) is 0 Å². The minimum absolute atomic E-state index is 0. The van der Waals surface area contributed by atoms with Gasteiger partial charge in [-0.15, -0.1) is 0 Å². The molecule has 4 nitrogen and oxygen atoms in total. The van der Waals surface area contributed by atoms with Gasteiger partial charge in [0.2, 0.25) is 5.39 Å². The van der Waals surface area contributed by atoms with E-state index in [1.807, 2.05) is 0 Å². The van der Waals surface area contributed by atoms with Gasteiger partial charge in [-0.3, -0.25) is 0 Å². The van der Waals surface area contributed by atoms with E-state index in [1.54, 1.807) is 30.3 Å². The van der Waals surface area contributed by atoms with Gasteiger partial charge < -0.3 is 17.1 Å². The lowest BCUT2D eigenvalue weighted by Gasteiger charge is -1.90. The number of diazo groups is 1. The highest BCUT2D eigenvalue weighted by Gasteiger charge is 2.02. The van der Waals surface area contributed by atoms with E-state index in [4.69, 9.17) is 5.39 Å². The minimum atomic E-state index is -0.420. The molecule has 0 saturated carbocycles. The summed E-state index contributed by atoms with van der Waals surface area (Å²) < 4.78 is 4.43. The molecule has 0 saturated heterocycles. The second kappa shape index (κ2) is 6.57. The van der Waals surface area contributed by atoms with E-state index in [1.165, 1.54) is 13.2 Å². The van der Waals surface area contributed by atoms with Gasteiger partial charge in [-0.25, -0.2) is 4.79 Å². The van der Waals surface area contributed by atoms with Crippen molar-refractivity contribution in [2.24, 2.45) is 0 Å². The molecule has 0 unspecified atom stereocenters. The first-order valence-electron chi connectivity index (χ1n) is 3.97. The average Bonchev–Trinajstić information content (AvgIpc) is 2.26. The maximum absolute atomic E-state index is 10.8. The fourth-order valence-electron chi connectivity index (χ4n) is 0.923. The van der Waals surface area contributed by atoms with Crippen molar-refractivity contribution in [3.8, 4) is 0 Å². The molecule has 0 aliphatic rings. The zero-order valence-corrected chi connectivity index (χ0v) is 8.81. The second-order valence-electron chi connectivity index (χ2n) is 2.55. The summed E-state index contributed by atoms with van der Waals surface area (Å²) in [6, 6.07) is 6.80. The van der Waals surface area contributed by atoms with Crippen LogP contribution in [0.1, 0.15) is 5.56 Å². The molecule has 0 bridgehead atoms. The van der Waals surface area contributed by atoms with Crippen LogP contribution in [0.2, 0.25) is 0 Å². The third-order valence-corrected chi connectivity index (χ3v) is 1.60. The lowest BCUT2D eigenvalue weighted by Crippen LogP contribution is -3.00. The maximum Gasteiger partial charge on any atom is 0.385 e. The summed E-state index contributed by atoms with van der Waals surface area (Å²) in [4.78, 5) is 13.8. The largest absolute Gasteiger partial charge is 1.00 e. The van der Waals surface area contributed by atoms with Gasteiger partial charge in [-0.05, 0) is 11.6 Å². The van der Waals surface area contributed by atoms with Crippen LogP contribution < -0.4 is 12.4 Å². The molecule has 1 aromatic carbocycles. The average molecular weight is 225 g/mol. The number of rotatable bonds is 2. The highest BCUT2D eigenvalue weighted by molar-refractivity contribution is 5.87. The SMILES string of the molecule is COC(=O)/C=C/c1cccc([N+]#N)c1.[Cl-]. The number of ether oxygens (including phenoxy) is 1. The van der Waals surface area contributed by atoms with E-state index < -0.39 is 5.97 Å². The molecule has 0 fully saturated rings. The Morgan fingerprint density at radius 1 is 1.53 bits per heavy atom. The lowest BCUT2D eigenvalue weighted by molar-refractivity contribution is -0.134. The van der Waals surface area contributed by atoms with Crippen molar-refractivity contribution in [2.75, 3.05) is 7.11 Å². The van der Waals surface area contributed by atoms with Gasteiger partial charge in [0.1, 0.15) is 0 Å². The summed E-state index contributed by atoms with van der Waals surface area (Å²) in [5.41, 5.74) is 1.21. The van der Waals surface area contributed by atoms with E-state index >= 15 is 0 Å².